The summed E-state index contributed by atoms with van der Waals surface area (Å²) in [6, 6.07) is 8.07. The second-order valence-corrected chi connectivity index (χ2v) is 7.22. The van der Waals surface area contributed by atoms with Crippen LogP contribution in [0.3, 0.4) is 0 Å². The van der Waals surface area contributed by atoms with E-state index in [0.29, 0.717) is 18.3 Å². The number of carbonyl (C=O) groups excluding carboxylic acids is 1. The third-order valence-corrected chi connectivity index (χ3v) is 4.37. The molecule has 1 aromatic carbocycles. The Labute approximate surface area is 174 Å². The zero-order chi connectivity index (χ0) is 20.7. The van der Waals surface area contributed by atoms with Gasteiger partial charge in [0.2, 0.25) is 0 Å². The molecule has 29 heavy (non-hydrogen) atoms. The van der Waals surface area contributed by atoms with Crippen LogP contribution in [0.1, 0.15) is 51.5 Å². The van der Waals surface area contributed by atoms with E-state index in [1.807, 2.05) is 31.2 Å². The summed E-state index contributed by atoms with van der Waals surface area (Å²) < 4.78 is 11.2. The molecule has 1 aromatic rings. The summed E-state index contributed by atoms with van der Waals surface area (Å²) in [7, 11) is 0. The fourth-order valence-corrected chi connectivity index (χ4v) is 2.62. The molecule has 0 unspecified atom stereocenters. The molecule has 0 spiro atoms. The minimum Gasteiger partial charge on any atom is -0.484 e. The summed E-state index contributed by atoms with van der Waals surface area (Å²) in [6.45, 7) is 8.02. The van der Waals surface area contributed by atoms with Crippen LogP contribution in [0.2, 0.25) is 0 Å². The number of unbranched alkanes of at least 4 members (excludes halogenated alkanes) is 1. The highest BCUT2D eigenvalue weighted by Crippen LogP contribution is 2.18. The Morgan fingerprint density at radius 1 is 1.17 bits per heavy atom. The average molecular weight is 405 g/mol. The zero-order valence-electron chi connectivity index (χ0n) is 17.8. The Kier molecular flexibility index (Phi) is 11.0. The molecule has 0 bridgehead atoms. The van der Waals surface area contributed by atoms with Gasteiger partial charge in [0.1, 0.15) is 5.75 Å². The molecule has 7 nitrogen and oxygen atoms in total. The molecule has 0 heterocycles. The first-order valence-electron chi connectivity index (χ1n) is 10.8. The topological polar surface area (TPSA) is 84.0 Å². The quantitative estimate of drug-likeness (QED) is 0.252. The van der Waals surface area contributed by atoms with Crippen molar-refractivity contribution in [2.75, 3.05) is 32.9 Å². The molecule has 1 aliphatic rings. The second kappa shape index (κ2) is 13.8. The second-order valence-electron chi connectivity index (χ2n) is 7.22. The van der Waals surface area contributed by atoms with Gasteiger partial charge in [0.25, 0.3) is 5.91 Å². The highest BCUT2D eigenvalue weighted by atomic mass is 16.5. The minimum absolute atomic E-state index is 0.0493. The zero-order valence-corrected chi connectivity index (χ0v) is 17.8. The fourth-order valence-electron chi connectivity index (χ4n) is 2.62. The van der Waals surface area contributed by atoms with Gasteiger partial charge in [-0.3, -0.25) is 4.79 Å². The Morgan fingerprint density at radius 2 is 2.00 bits per heavy atom. The maximum Gasteiger partial charge on any atom is 0.258 e. The van der Waals surface area contributed by atoms with Crippen molar-refractivity contribution in [3.63, 3.8) is 0 Å². The van der Waals surface area contributed by atoms with E-state index in [4.69, 9.17) is 9.47 Å². The minimum atomic E-state index is -0.0618. The standard InChI is InChI=1S/C22H36N4O3/c1-3-5-13-28-14-7-12-24-22(23-4-2)25-16-18-8-6-9-20(15-18)29-17-21(27)26-19-10-11-19/h6,8-9,15,19H,3-5,7,10-14,16-17H2,1-2H3,(H,26,27)(H2,23,24,25). The number of nitrogens with zero attached hydrogens (tertiary/aromatic N) is 1. The van der Waals surface area contributed by atoms with Crippen LogP contribution < -0.4 is 20.7 Å². The molecule has 162 valence electrons. The van der Waals surface area contributed by atoms with Crippen LogP contribution in [0.25, 0.3) is 0 Å². The van der Waals surface area contributed by atoms with Crippen molar-refractivity contribution in [2.45, 2.75) is 58.5 Å². The van der Waals surface area contributed by atoms with Gasteiger partial charge in [0.15, 0.2) is 12.6 Å². The summed E-state index contributed by atoms with van der Waals surface area (Å²) in [5.41, 5.74) is 1.03. The largest absolute Gasteiger partial charge is 0.484 e. The number of hydrogen-bond acceptors (Lipinski definition) is 4. The smallest absolute Gasteiger partial charge is 0.258 e. The van der Waals surface area contributed by atoms with Crippen LogP contribution in [0, 0.1) is 0 Å². The van der Waals surface area contributed by atoms with Crippen LogP contribution in [0.15, 0.2) is 29.3 Å². The van der Waals surface area contributed by atoms with E-state index in [2.05, 4.69) is 27.9 Å². The van der Waals surface area contributed by atoms with Crippen molar-refractivity contribution in [2.24, 2.45) is 4.99 Å². The van der Waals surface area contributed by atoms with Gasteiger partial charge in [0, 0.05) is 32.3 Å². The molecule has 1 fully saturated rings. The first-order valence-corrected chi connectivity index (χ1v) is 10.8. The number of benzene rings is 1. The van der Waals surface area contributed by atoms with E-state index in [1.54, 1.807) is 0 Å². The number of guanidine groups is 1. The Morgan fingerprint density at radius 3 is 2.76 bits per heavy atom. The number of amides is 1. The van der Waals surface area contributed by atoms with Crippen molar-refractivity contribution in [3.8, 4) is 5.75 Å². The monoisotopic (exact) mass is 404 g/mol. The molecule has 0 saturated heterocycles. The van der Waals surface area contributed by atoms with E-state index in [-0.39, 0.29) is 12.5 Å². The normalized spacial score (nSPS) is 13.8. The summed E-state index contributed by atoms with van der Waals surface area (Å²) in [4.78, 5) is 16.4. The van der Waals surface area contributed by atoms with Crippen molar-refractivity contribution < 1.29 is 14.3 Å². The van der Waals surface area contributed by atoms with Gasteiger partial charge >= 0.3 is 0 Å². The predicted molar refractivity (Wildman–Crippen MR) is 116 cm³/mol. The third-order valence-electron chi connectivity index (χ3n) is 4.37. The lowest BCUT2D eigenvalue weighted by atomic mass is 10.2. The third kappa shape index (κ3) is 10.7. The van der Waals surface area contributed by atoms with E-state index < -0.39 is 0 Å². The molecule has 0 aromatic heterocycles. The highest BCUT2D eigenvalue weighted by molar-refractivity contribution is 5.79. The lowest BCUT2D eigenvalue weighted by Crippen LogP contribution is -2.38. The van der Waals surface area contributed by atoms with E-state index in [0.717, 1.165) is 69.9 Å². The van der Waals surface area contributed by atoms with Crippen LogP contribution in [0.5, 0.6) is 5.75 Å². The van der Waals surface area contributed by atoms with E-state index in [1.165, 1.54) is 0 Å². The maximum absolute atomic E-state index is 11.8. The number of carbonyl (C=O) groups is 1. The Bertz CT molecular complexity index is 632. The van der Waals surface area contributed by atoms with Crippen LogP contribution in [0.4, 0.5) is 0 Å². The van der Waals surface area contributed by atoms with Crippen LogP contribution >= 0.6 is 0 Å². The molecule has 3 N–H and O–H groups in total. The molecule has 1 aliphatic carbocycles. The first-order chi connectivity index (χ1) is 14.2. The van der Waals surface area contributed by atoms with Crippen molar-refractivity contribution in [3.05, 3.63) is 29.8 Å². The van der Waals surface area contributed by atoms with Gasteiger partial charge in [-0.05, 0) is 50.3 Å². The van der Waals surface area contributed by atoms with Crippen molar-refractivity contribution in [1.82, 2.24) is 16.0 Å². The van der Waals surface area contributed by atoms with E-state index >= 15 is 0 Å². The highest BCUT2D eigenvalue weighted by Gasteiger charge is 2.23. The molecule has 0 aliphatic heterocycles. The van der Waals surface area contributed by atoms with Crippen molar-refractivity contribution >= 4 is 11.9 Å². The number of nitrogens with one attached hydrogen (secondary N) is 3. The molecular formula is C22H36N4O3. The summed E-state index contributed by atoms with van der Waals surface area (Å²) >= 11 is 0. The van der Waals surface area contributed by atoms with Gasteiger partial charge < -0.3 is 25.4 Å². The summed E-state index contributed by atoms with van der Waals surface area (Å²) in [5.74, 6) is 1.41. The lowest BCUT2D eigenvalue weighted by molar-refractivity contribution is -0.123. The maximum atomic E-state index is 11.8. The number of aliphatic imine (C=N–C) groups is 1. The molecular weight excluding hydrogens is 368 g/mol. The molecule has 2 rings (SSSR count). The number of ether oxygens (including phenoxy) is 2. The summed E-state index contributed by atoms with van der Waals surface area (Å²) in [6.07, 6.45) is 5.38. The average Bonchev–Trinajstić information content (AvgIpc) is 3.54. The molecule has 1 amide bonds. The molecule has 7 heteroatoms. The van der Waals surface area contributed by atoms with Gasteiger partial charge in [-0.15, -0.1) is 0 Å². The predicted octanol–water partition coefficient (Wildman–Crippen LogP) is 2.61. The van der Waals surface area contributed by atoms with Gasteiger partial charge in [-0.25, -0.2) is 4.99 Å². The Hall–Kier alpha value is -2.28. The Balaban J connectivity index is 1.73. The van der Waals surface area contributed by atoms with E-state index in [9.17, 15) is 4.79 Å². The summed E-state index contributed by atoms with van der Waals surface area (Å²) in [5, 5.41) is 9.51. The van der Waals surface area contributed by atoms with Gasteiger partial charge in [0.05, 0.1) is 6.54 Å². The fraction of sp³-hybridized carbons (Fsp3) is 0.636. The molecule has 0 radical (unpaired) electrons. The first kappa shape index (κ1) is 23.0. The van der Waals surface area contributed by atoms with Gasteiger partial charge in [-0.1, -0.05) is 25.5 Å². The molecule has 0 atom stereocenters. The SMILES string of the molecule is CCCCOCCCNC(=NCc1cccc(OCC(=O)NC2CC2)c1)NCC. The van der Waals surface area contributed by atoms with Crippen molar-refractivity contribution in [1.29, 1.82) is 0 Å². The van der Waals surface area contributed by atoms with Crippen LogP contribution in [-0.2, 0) is 16.1 Å². The van der Waals surface area contributed by atoms with Gasteiger partial charge in [-0.2, -0.15) is 0 Å². The number of rotatable bonds is 14. The number of hydrogen-bond donors (Lipinski definition) is 3. The lowest BCUT2D eigenvalue weighted by Gasteiger charge is -2.12. The van der Waals surface area contributed by atoms with Crippen LogP contribution in [-0.4, -0.2) is 50.8 Å². The molecule has 1 saturated carbocycles.